The lowest BCUT2D eigenvalue weighted by Gasteiger charge is -2.37. The summed E-state index contributed by atoms with van der Waals surface area (Å²) in [5.74, 6) is -2.05. The van der Waals surface area contributed by atoms with E-state index in [0.717, 1.165) is 57.4 Å². The van der Waals surface area contributed by atoms with E-state index in [4.69, 9.17) is 20.2 Å². The second-order valence-corrected chi connectivity index (χ2v) is 19.3. The first-order chi connectivity index (χ1) is 30.5. The number of carbonyl (C=O) groups is 4. The van der Waals surface area contributed by atoms with Crippen molar-refractivity contribution in [1.29, 1.82) is 0 Å². The number of carbonyl (C=O) groups excluding carboxylic acids is 4. The van der Waals surface area contributed by atoms with Crippen molar-refractivity contribution >= 4 is 34.6 Å². The van der Waals surface area contributed by atoms with Crippen LogP contribution in [0.5, 0.6) is 5.75 Å². The molecule has 64 heavy (non-hydrogen) atoms. The minimum absolute atomic E-state index is 0.0104. The van der Waals surface area contributed by atoms with E-state index < -0.39 is 41.3 Å². The summed E-state index contributed by atoms with van der Waals surface area (Å²) in [6.07, 6.45) is 6.08. The number of hydrazine groups is 1. The molecule has 0 radical (unpaired) electrons. The molecule has 2 fully saturated rings. The topological polar surface area (TPSA) is 181 Å². The standard InChI is InChI=1S/C50H67N7O7/c1-9-56-42-18-17-32-26-38(42)39(45(56)37-15-11-19-52-43(37)30(4)63-8)27-50(5,6)28-64-49(62)40-16-12-20-57(54-40)48(61)41(23-31-21-34(32)25-36(58)22-31)53-46(59)44(29(2)3)55(7)47(60)33-13-10-14-35(51)24-33/h11,15,17-19,21-22,25-26,29-30,33,35,40-41,44,54,58H,9-10,12-14,16,20,23-24,27-28,51H2,1-8H3,(H,53,59)/t30-,33+,35-,40-,41-,44-/m0/s1. The Bertz CT molecular complexity index is 2380. The molecule has 7 rings (SSSR count). The predicted octanol–water partition coefficient (Wildman–Crippen LogP) is 6.45. The molecule has 0 spiro atoms. The Labute approximate surface area is 377 Å². The smallest absolute Gasteiger partial charge is 0.324 e. The van der Waals surface area contributed by atoms with Gasteiger partial charge in [0, 0.05) is 73.7 Å². The Hall–Kier alpha value is -5.31. The number of esters is 1. The molecule has 1 saturated heterocycles. The number of fused-ring (bicyclic) bond motifs is 6. The molecular formula is C50H67N7O7. The zero-order valence-corrected chi connectivity index (χ0v) is 38.8. The van der Waals surface area contributed by atoms with Crippen LogP contribution in [0.15, 0.2) is 54.7 Å². The van der Waals surface area contributed by atoms with Crippen molar-refractivity contribution in [2.75, 3.05) is 27.3 Å². The number of hydrogen-bond donors (Lipinski definition) is 4. The molecule has 4 heterocycles. The second-order valence-electron chi connectivity index (χ2n) is 19.3. The number of ether oxygens (including phenoxy) is 2. The molecule has 6 bridgehead atoms. The van der Waals surface area contributed by atoms with Crippen molar-refractivity contribution in [3.05, 3.63) is 71.5 Å². The molecule has 344 valence electrons. The summed E-state index contributed by atoms with van der Waals surface area (Å²) in [4.78, 5) is 63.2. The number of aromatic hydroxyl groups is 1. The van der Waals surface area contributed by atoms with Gasteiger partial charge in [0.1, 0.15) is 23.9 Å². The van der Waals surface area contributed by atoms with Crippen molar-refractivity contribution in [2.45, 2.75) is 130 Å². The van der Waals surface area contributed by atoms with Crippen LogP contribution in [-0.2, 0) is 48.0 Å². The lowest BCUT2D eigenvalue weighted by Crippen LogP contribution is -2.62. The zero-order chi connectivity index (χ0) is 46.0. The van der Waals surface area contributed by atoms with Gasteiger partial charge < -0.3 is 35.1 Å². The van der Waals surface area contributed by atoms with Gasteiger partial charge in [-0.2, -0.15) is 0 Å². The largest absolute Gasteiger partial charge is 0.508 e. The normalized spacial score (nSPS) is 22.7. The number of amides is 3. The number of nitrogens with one attached hydrogen (secondary N) is 2. The van der Waals surface area contributed by atoms with Crippen molar-refractivity contribution in [2.24, 2.45) is 23.0 Å². The van der Waals surface area contributed by atoms with E-state index in [1.807, 2.05) is 39.0 Å². The summed E-state index contributed by atoms with van der Waals surface area (Å²) in [5.41, 5.74) is 16.0. The molecule has 3 aliphatic rings. The van der Waals surface area contributed by atoms with E-state index in [1.54, 1.807) is 32.5 Å². The maximum absolute atomic E-state index is 14.7. The molecule has 5 N–H and O–H groups in total. The Morgan fingerprint density at radius 1 is 1.08 bits per heavy atom. The summed E-state index contributed by atoms with van der Waals surface area (Å²) in [7, 11) is 3.33. The average Bonchev–Trinajstić information content (AvgIpc) is 3.57. The van der Waals surface area contributed by atoms with E-state index in [-0.39, 0.29) is 48.7 Å². The SMILES string of the molecule is CCn1c(-c2cccnc2[C@H](C)OC)c2c3cc(ccc31)-c1cc(O)cc(c1)C[C@H](NC(=O)[C@H](C(C)C)N(C)C(=O)[C@@H]1CCC[C@H](N)C1)C(=O)N1CCC[C@H](N1)C(=O)OCC(C)(C)C2. The summed E-state index contributed by atoms with van der Waals surface area (Å²) >= 11 is 0. The van der Waals surface area contributed by atoms with Gasteiger partial charge in [0.05, 0.1) is 24.1 Å². The number of aromatic nitrogens is 2. The fourth-order valence-corrected chi connectivity index (χ4v) is 10.1. The Morgan fingerprint density at radius 2 is 1.86 bits per heavy atom. The van der Waals surface area contributed by atoms with E-state index in [2.05, 4.69) is 54.3 Å². The quantitative estimate of drug-likeness (QED) is 0.137. The number of nitrogens with zero attached hydrogens (tertiary/aromatic N) is 4. The predicted molar refractivity (Wildman–Crippen MR) is 247 cm³/mol. The molecule has 2 aromatic heterocycles. The number of methoxy groups -OCH3 is 1. The van der Waals surface area contributed by atoms with E-state index in [1.165, 1.54) is 9.91 Å². The van der Waals surface area contributed by atoms with Gasteiger partial charge in [0.2, 0.25) is 11.8 Å². The lowest BCUT2D eigenvalue weighted by molar-refractivity contribution is -0.155. The molecule has 3 amide bonds. The van der Waals surface area contributed by atoms with E-state index in [0.29, 0.717) is 50.8 Å². The summed E-state index contributed by atoms with van der Waals surface area (Å²) in [6, 6.07) is 12.7. The minimum Gasteiger partial charge on any atom is -0.508 e. The zero-order valence-electron chi connectivity index (χ0n) is 38.8. The Kier molecular flexibility index (Phi) is 14.2. The summed E-state index contributed by atoms with van der Waals surface area (Å²) in [5, 5.41) is 16.8. The van der Waals surface area contributed by atoms with Crippen LogP contribution in [0.3, 0.4) is 0 Å². The highest BCUT2D eigenvalue weighted by atomic mass is 16.5. The molecule has 2 aromatic carbocycles. The summed E-state index contributed by atoms with van der Waals surface area (Å²) in [6.45, 7) is 13.1. The third-order valence-corrected chi connectivity index (χ3v) is 13.4. The fourth-order valence-electron chi connectivity index (χ4n) is 10.1. The number of nitrogens with two attached hydrogens (primary N) is 1. The van der Waals surface area contributed by atoms with Crippen molar-refractivity contribution in [1.82, 2.24) is 30.2 Å². The maximum atomic E-state index is 14.7. The highest BCUT2D eigenvalue weighted by molar-refractivity contribution is 5.96. The number of phenols is 1. The van der Waals surface area contributed by atoms with Gasteiger partial charge >= 0.3 is 5.97 Å². The number of benzene rings is 2. The van der Waals surface area contributed by atoms with E-state index >= 15 is 0 Å². The van der Waals surface area contributed by atoms with Crippen molar-refractivity contribution < 1.29 is 33.8 Å². The van der Waals surface area contributed by atoms with Crippen molar-refractivity contribution in [3.63, 3.8) is 0 Å². The van der Waals surface area contributed by atoms with Gasteiger partial charge in [-0.1, -0.05) is 46.2 Å². The first-order valence-corrected chi connectivity index (χ1v) is 23.0. The number of pyridine rings is 1. The molecule has 4 aromatic rings. The van der Waals surface area contributed by atoms with Crippen LogP contribution in [0.25, 0.3) is 33.3 Å². The van der Waals surface area contributed by atoms with Crippen LogP contribution < -0.4 is 16.5 Å². The molecular weight excluding hydrogens is 811 g/mol. The molecule has 1 aliphatic carbocycles. The minimum atomic E-state index is -1.12. The van der Waals surface area contributed by atoms with Crippen LogP contribution in [0.2, 0.25) is 0 Å². The Balaban J connectivity index is 1.33. The van der Waals surface area contributed by atoms with Crippen LogP contribution in [0.1, 0.15) is 103 Å². The fraction of sp³-hybridized carbons (Fsp3) is 0.540. The van der Waals surface area contributed by atoms with Crippen LogP contribution in [-0.4, -0.2) is 99.7 Å². The lowest BCUT2D eigenvalue weighted by atomic mass is 9.84. The molecule has 2 aliphatic heterocycles. The van der Waals surface area contributed by atoms with Crippen LogP contribution in [0, 0.1) is 17.3 Å². The third-order valence-electron chi connectivity index (χ3n) is 13.4. The maximum Gasteiger partial charge on any atom is 0.324 e. The number of rotatable bonds is 9. The molecule has 14 nitrogen and oxygen atoms in total. The number of likely N-dealkylation sites (N-methyl/N-ethyl adjacent to an activating group) is 1. The highest BCUT2D eigenvalue weighted by Gasteiger charge is 2.39. The third kappa shape index (κ3) is 9.84. The van der Waals surface area contributed by atoms with Crippen LogP contribution in [0.4, 0.5) is 0 Å². The highest BCUT2D eigenvalue weighted by Crippen LogP contribution is 2.42. The number of cyclic esters (lactones) is 1. The second kappa shape index (κ2) is 19.4. The van der Waals surface area contributed by atoms with Gasteiger partial charge in [-0.05, 0) is 117 Å². The molecule has 6 atom stereocenters. The average molecular weight is 878 g/mol. The van der Waals surface area contributed by atoms with Gasteiger partial charge in [-0.25, -0.2) is 5.43 Å². The number of phenolic OH excluding ortho intramolecular Hbond substituents is 1. The first kappa shape index (κ1) is 46.7. The van der Waals surface area contributed by atoms with Crippen LogP contribution >= 0.6 is 0 Å². The number of hydrogen-bond acceptors (Lipinski definition) is 10. The van der Waals surface area contributed by atoms with Gasteiger partial charge in [-0.15, -0.1) is 0 Å². The molecule has 14 heteroatoms. The first-order valence-electron chi connectivity index (χ1n) is 23.0. The van der Waals surface area contributed by atoms with Gasteiger partial charge in [0.15, 0.2) is 0 Å². The molecule has 0 unspecified atom stereocenters. The Morgan fingerprint density at radius 3 is 2.58 bits per heavy atom. The molecule has 1 saturated carbocycles. The van der Waals surface area contributed by atoms with Crippen molar-refractivity contribution in [3.8, 4) is 28.1 Å². The van der Waals surface area contributed by atoms with Gasteiger partial charge in [0.25, 0.3) is 5.91 Å². The summed E-state index contributed by atoms with van der Waals surface area (Å²) < 4.78 is 14.2. The van der Waals surface area contributed by atoms with Gasteiger partial charge in [-0.3, -0.25) is 29.2 Å². The van der Waals surface area contributed by atoms with E-state index in [9.17, 15) is 24.3 Å². The monoisotopic (exact) mass is 878 g/mol. The number of aryl methyl sites for hydroxylation is 1.